The molecule has 0 saturated carbocycles. The topological polar surface area (TPSA) is 110 Å². The standard InChI is InChI=1S/C19H19NO6S/c1-13(21)26-15-9-7-14(8-10-15)18(22)20-17(19(23)24)11-12-27(25)16-5-3-2-4-6-16/h2-10,17H,11-12H2,1H3,(H,20,22)(H,23,24)/t17-,27+/m1/s1. The molecule has 2 N–H and O–H groups in total. The van der Waals surface area contributed by atoms with Gasteiger partial charge in [-0.3, -0.25) is 13.8 Å². The first-order valence-electron chi connectivity index (χ1n) is 8.12. The first kappa shape index (κ1) is 20.3. The van der Waals surface area contributed by atoms with E-state index in [4.69, 9.17) is 4.74 Å². The van der Waals surface area contributed by atoms with Crippen LogP contribution in [0, 0.1) is 0 Å². The second-order valence-electron chi connectivity index (χ2n) is 5.63. The van der Waals surface area contributed by atoms with Gasteiger partial charge >= 0.3 is 11.9 Å². The van der Waals surface area contributed by atoms with Gasteiger partial charge in [0.15, 0.2) is 0 Å². The maximum Gasteiger partial charge on any atom is 0.326 e. The predicted molar refractivity (Wildman–Crippen MR) is 99.0 cm³/mol. The van der Waals surface area contributed by atoms with E-state index in [0.29, 0.717) is 4.90 Å². The number of nitrogens with one attached hydrogen (secondary N) is 1. The molecule has 2 aromatic carbocycles. The van der Waals surface area contributed by atoms with Crippen molar-refractivity contribution >= 4 is 28.6 Å². The molecule has 8 heteroatoms. The van der Waals surface area contributed by atoms with E-state index in [2.05, 4.69) is 5.32 Å². The van der Waals surface area contributed by atoms with Gasteiger partial charge in [0.1, 0.15) is 11.8 Å². The molecule has 7 nitrogen and oxygen atoms in total. The van der Waals surface area contributed by atoms with Crippen LogP contribution in [0.25, 0.3) is 0 Å². The highest BCUT2D eigenvalue weighted by Gasteiger charge is 2.21. The third kappa shape index (κ3) is 6.34. The first-order chi connectivity index (χ1) is 12.9. The Bertz CT molecular complexity index is 835. The smallest absolute Gasteiger partial charge is 0.326 e. The van der Waals surface area contributed by atoms with Crippen LogP contribution in [0.1, 0.15) is 23.7 Å². The van der Waals surface area contributed by atoms with Crippen LogP contribution < -0.4 is 10.1 Å². The maximum absolute atomic E-state index is 12.2. The van der Waals surface area contributed by atoms with Crippen molar-refractivity contribution in [2.75, 3.05) is 5.75 Å². The monoisotopic (exact) mass is 389 g/mol. The van der Waals surface area contributed by atoms with Gasteiger partial charge in [-0.15, -0.1) is 0 Å². The van der Waals surface area contributed by atoms with Crippen LogP contribution in [0.5, 0.6) is 5.75 Å². The molecule has 0 radical (unpaired) electrons. The van der Waals surface area contributed by atoms with Crippen LogP contribution in [0.2, 0.25) is 0 Å². The number of hydrogen-bond acceptors (Lipinski definition) is 5. The average Bonchev–Trinajstić information content (AvgIpc) is 2.65. The van der Waals surface area contributed by atoms with E-state index in [-0.39, 0.29) is 23.5 Å². The minimum atomic E-state index is -1.35. The summed E-state index contributed by atoms with van der Waals surface area (Å²) in [6.45, 7) is 1.26. The van der Waals surface area contributed by atoms with E-state index in [1.807, 2.05) is 0 Å². The fourth-order valence-corrected chi connectivity index (χ4v) is 3.40. The van der Waals surface area contributed by atoms with Crippen molar-refractivity contribution in [2.24, 2.45) is 0 Å². The van der Waals surface area contributed by atoms with Crippen molar-refractivity contribution in [2.45, 2.75) is 24.3 Å². The molecule has 0 bridgehead atoms. The summed E-state index contributed by atoms with van der Waals surface area (Å²) in [6, 6.07) is 13.3. The molecule has 0 aromatic heterocycles. The number of carbonyl (C=O) groups excluding carboxylic acids is 2. The Labute approximate surface area is 158 Å². The Morgan fingerprint density at radius 1 is 1.07 bits per heavy atom. The first-order valence-corrected chi connectivity index (χ1v) is 9.44. The number of esters is 1. The van der Waals surface area contributed by atoms with Gasteiger partial charge in [-0.2, -0.15) is 0 Å². The molecule has 0 unspecified atom stereocenters. The highest BCUT2D eigenvalue weighted by atomic mass is 32.2. The largest absolute Gasteiger partial charge is 0.480 e. The van der Waals surface area contributed by atoms with Crippen molar-refractivity contribution in [3.05, 3.63) is 60.2 Å². The molecule has 0 spiro atoms. The molecule has 2 atom stereocenters. The molecule has 1 amide bonds. The van der Waals surface area contributed by atoms with Crippen LogP contribution >= 0.6 is 0 Å². The summed E-state index contributed by atoms with van der Waals surface area (Å²) in [5, 5.41) is 11.7. The number of carboxylic acids is 1. The molecule has 0 aliphatic rings. The summed E-state index contributed by atoms with van der Waals surface area (Å²) in [6.07, 6.45) is 0.0219. The van der Waals surface area contributed by atoms with E-state index >= 15 is 0 Å². The van der Waals surface area contributed by atoms with Crippen LogP contribution in [-0.4, -0.2) is 39.0 Å². The molecule has 27 heavy (non-hydrogen) atoms. The van der Waals surface area contributed by atoms with E-state index in [1.165, 1.54) is 31.2 Å². The molecule has 2 aromatic rings. The fraction of sp³-hybridized carbons (Fsp3) is 0.211. The van der Waals surface area contributed by atoms with Gasteiger partial charge in [0.05, 0.1) is 10.8 Å². The summed E-state index contributed by atoms with van der Waals surface area (Å²) in [4.78, 5) is 35.2. The van der Waals surface area contributed by atoms with Gasteiger partial charge in [0.2, 0.25) is 0 Å². The molecule has 0 aliphatic heterocycles. The summed E-state index contributed by atoms with van der Waals surface area (Å²) in [5.41, 5.74) is 0.223. The zero-order chi connectivity index (χ0) is 19.8. The number of carboxylic acid groups (broad SMARTS) is 1. The molecule has 0 heterocycles. The molecular formula is C19H19NO6S. The number of aliphatic carboxylic acids is 1. The Kier molecular flexibility index (Phi) is 7.25. The maximum atomic E-state index is 12.2. The molecule has 0 fully saturated rings. The SMILES string of the molecule is CC(=O)Oc1ccc(C(=O)N[C@H](CC[S@](=O)c2ccccc2)C(=O)O)cc1. The van der Waals surface area contributed by atoms with Crippen LogP contribution in [0.3, 0.4) is 0 Å². The Morgan fingerprint density at radius 2 is 1.70 bits per heavy atom. The van der Waals surface area contributed by atoms with Gasteiger partial charge in [-0.05, 0) is 42.8 Å². The quantitative estimate of drug-likeness (QED) is 0.528. The Hall–Kier alpha value is -3.00. The number of benzene rings is 2. The van der Waals surface area contributed by atoms with Crippen molar-refractivity contribution in [3.63, 3.8) is 0 Å². The second kappa shape index (κ2) is 9.63. The minimum Gasteiger partial charge on any atom is -0.480 e. The molecule has 0 saturated heterocycles. The summed E-state index contributed by atoms with van der Waals surface area (Å²) in [5.74, 6) is -1.88. The number of amides is 1. The average molecular weight is 389 g/mol. The van der Waals surface area contributed by atoms with Crippen LogP contribution in [-0.2, 0) is 20.4 Å². The highest BCUT2D eigenvalue weighted by molar-refractivity contribution is 7.85. The van der Waals surface area contributed by atoms with Gasteiger partial charge < -0.3 is 15.2 Å². The molecule has 0 aliphatic carbocycles. The van der Waals surface area contributed by atoms with E-state index in [1.54, 1.807) is 30.3 Å². The molecule has 142 valence electrons. The highest BCUT2D eigenvalue weighted by Crippen LogP contribution is 2.13. The van der Waals surface area contributed by atoms with Gasteiger partial charge in [-0.25, -0.2) is 4.79 Å². The number of carbonyl (C=O) groups is 3. The normalized spacial score (nSPS) is 12.6. The third-order valence-corrected chi connectivity index (χ3v) is 4.98. The third-order valence-electron chi connectivity index (χ3n) is 3.58. The predicted octanol–water partition coefficient (Wildman–Crippen LogP) is 1.99. The summed E-state index contributed by atoms with van der Waals surface area (Å²) in [7, 11) is -1.35. The van der Waals surface area contributed by atoms with Crippen molar-refractivity contribution in [1.29, 1.82) is 0 Å². The van der Waals surface area contributed by atoms with E-state index < -0.39 is 34.7 Å². The lowest BCUT2D eigenvalue weighted by Gasteiger charge is -2.14. The number of hydrogen-bond donors (Lipinski definition) is 2. The van der Waals surface area contributed by atoms with E-state index in [0.717, 1.165) is 0 Å². The van der Waals surface area contributed by atoms with Crippen molar-refractivity contribution in [3.8, 4) is 5.75 Å². The molecule has 2 rings (SSSR count). The van der Waals surface area contributed by atoms with Crippen molar-refractivity contribution < 1.29 is 28.4 Å². The van der Waals surface area contributed by atoms with Crippen LogP contribution in [0.4, 0.5) is 0 Å². The zero-order valence-corrected chi connectivity index (χ0v) is 15.4. The lowest BCUT2D eigenvalue weighted by Crippen LogP contribution is -2.41. The summed E-state index contributed by atoms with van der Waals surface area (Å²) >= 11 is 0. The number of rotatable bonds is 8. The summed E-state index contributed by atoms with van der Waals surface area (Å²) < 4.78 is 17.1. The second-order valence-corrected chi connectivity index (χ2v) is 7.20. The lowest BCUT2D eigenvalue weighted by atomic mass is 10.1. The van der Waals surface area contributed by atoms with Crippen molar-refractivity contribution in [1.82, 2.24) is 5.32 Å². The number of ether oxygens (including phenoxy) is 1. The Morgan fingerprint density at radius 3 is 2.26 bits per heavy atom. The minimum absolute atomic E-state index is 0.0219. The van der Waals surface area contributed by atoms with Gasteiger partial charge in [-0.1, -0.05) is 18.2 Å². The van der Waals surface area contributed by atoms with Gasteiger partial charge in [0.25, 0.3) is 5.91 Å². The molecular weight excluding hydrogens is 370 g/mol. The lowest BCUT2D eigenvalue weighted by molar-refractivity contribution is -0.139. The Balaban J connectivity index is 1.96. The van der Waals surface area contributed by atoms with E-state index in [9.17, 15) is 23.7 Å². The van der Waals surface area contributed by atoms with Crippen LogP contribution in [0.15, 0.2) is 59.5 Å². The van der Waals surface area contributed by atoms with Gasteiger partial charge in [0, 0.05) is 23.1 Å². The zero-order valence-electron chi connectivity index (χ0n) is 14.6. The fourth-order valence-electron chi connectivity index (χ4n) is 2.25.